The van der Waals surface area contributed by atoms with Crippen molar-refractivity contribution in [3.8, 4) is 0 Å². The van der Waals surface area contributed by atoms with Crippen LogP contribution in [0.3, 0.4) is 0 Å². The first-order chi connectivity index (χ1) is 15.8. The Bertz CT molecular complexity index is 750. The fraction of sp³-hybridized carbons (Fsp3) is 0.571. The van der Waals surface area contributed by atoms with Crippen LogP contribution in [0.5, 0.6) is 0 Å². The molecule has 0 aliphatic heterocycles. The SMILES string of the molecule is C=C(C)C(=O)OCC(CCc1ccc(CCCCC)cc1)COC(=O)C(=C)C(O)CCCC. The van der Waals surface area contributed by atoms with Crippen LogP contribution < -0.4 is 0 Å². The molecule has 1 aromatic rings. The molecule has 0 fully saturated rings. The van der Waals surface area contributed by atoms with Gasteiger partial charge in [-0.1, -0.05) is 77.0 Å². The molecular weight excluding hydrogens is 416 g/mol. The fourth-order valence-corrected chi connectivity index (χ4v) is 3.35. The number of benzene rings is 1. The van der Waals surface area contributed by atoms with E-state index in [-0.39, 0.29) is 24.7 Å². The number of ether oxygens (including phenoxy) is 2. The second kappa shape index (κ2) is 16.2. The van der Waals surface area contributed by atoms with Crippen molar-refractivity contribution in [2.45, 2.75) is 84.7 Å². The van der Waals surface area contributed by atoms with Crippen molar-refractivity contribution in [2.75, 3.05) is 13.2 Å². The number of rotatable bonds is 17. The molecule has 0 aliphatic carbocycles. The molecule has 0 aromatic heterocycles. The second-order valence-corrected chi connectivity index (χ2v) is 8.84. The van der Waals surface area contributed by atoms with Crippen LogP contribution in [0.15, 0.2) is 48.6 Å². The fourth-order valence-electron chi connectivity index (χ4n) is 3.35. The molecule has 0 saturated heterocycles. The maximum absolute atomic E-state index is 12.3. The van der Waals surface area contributed by atoms with Gasteiger partial charge in [0.25, 0.3) is 0 Å². The summed E-state index contributed by atoms with van der Waals surface area (Å²) in [5, 5.41) is 10.1. The van der Waals surface area contributed by atoms with Gasteiger partial charge < -0.3 is 14.6 Å². The highest BCUT2D eigenvalue weighted by molar-refractivity contribution is 5.88. The van der Waals surface area contributed by atoms with Crippen molar-refractivity contribution in [1.82, 2.24) is 0 Å². The van der Waals surface area contributed by atoms with Crippen LogP contribution in [-0.4, -0.2) is 36.4 Å². The summed E-state index contributed by atoms with van der Waals surface area (Å²) in [6.45, 7) is 13.3. The van der Waals surface area contributed by atoms with Gasteiger partial charge in [-0.2, -0.15) is 0 Å². The van der Waals surface area contributed by atoms with E-state index in [4.69, 9.17) is 9.47 Å². The molecule has 5 nitrogen and oxygen atoms in total. The standard InChI is InChI=1S/C28H42O5/c1-6-8-10-11-23-13-15-24(16-14-23)17-18-25(19-32-27(30)21(3)4)20-33-28(31)22(5)26(29)12-9-7-2/h13-16,25-26,29H,3,5-12,17-20H2,1-2,4H3. The molecule has 0 saturated carbocycles. The van der Waals surface area contributed by atoms with Crippen molar-refractivity contribution in [1.29, 1.82) is 0 Å². The molecule has 33 heavy (non-hydrogen) atoms. The lowest BCUT2D eigenvalue weighted by Gasteiger charge is -2.19. The van der Waals surface area contributed by atoms with Gasteiger partial charge in [0, 0.05) is 11.5 Å². The lowest BCUT2D eigenvalue weighted by atomic mass is 9.98. The third kappa shape index (κ3) is 11.9. The topological polar surface area (TPSA) is 72.8 Å². The van der Waals surface area contributed by atoms with Crippen molar-refractivity contribution in [3.05, 3.63) is 59.7 Å². The summed E-state index contributed by atoms with van der Waals surface area (Å²) in [5.74, 6) is -1.23. The van der Waals surface area contributed by atoms with E-state index in [0.29, 0.717) is 18.4 Å². The number of hydrogen-bond acceptors (Lipinski definition) is 5. The van der Waals surface area contributed by atoms with Crippen LogP contribution in [0, 0.1) is 5.92 Å². The number of aliphatic hydroxyl groups excluding tert-OH is 1. The molecule has 0 amide bonds. The zero-order valence-electron chi connectivity index (χ0n) is 20.7. The predicted octanol–water partition coefficient (Wildman–Crippen LogP) is 5.74. The minimum Gasteiger partial charge on any atom is -0.462 e. The number of aryl methyl sites for hydroxylation is 2. The van der Waals surface area contributed by atoms with Gasteiger partial charge in [0.2, 0.25) is 0 Å². The third-order valence-electron chi connectivity index (χ3n) is 5.68. The molecule has 0 heterocycles. The molecule has 0 aliphatic rings. The molecule has 2 atom stereocenters. The first-order valence-electron chi connectivity index (χ1n) is 12.2. The lowest BCUT2D eigenvalue weighted by molar-refractivity contribution is -0.145. The molecule has 184 valence electrons. The molecular formula is C28H42O5. The Kier molecular flexibility index (Phi) is 14.1. The van der Waals surface area contributed by atoms with E-state index >= 15 is 0 Å². The smallest absolute Gasteiger partial charge is 0.336 e. The quantitative estimate of drug-likeness (QED) is 0.183. The predicted molar refractivity (Wildman–Crippen MR) is 133 cm³/mol. The van der Waals surface area contributed by atoms with E-state index in [0.717, 1.165) is 25.7 Å². The van der Waals surface area contributed by atoms with Gasteiger partial charge in [0.1, 0.15) is 0 Å². The van der Waals surface area contributed by atoms with E-state index in [1.54, 1.807) is 6.92 Å². The van der Waals surface area contributed by atoms with Gasteiger partial charge in [-0.25, -0.2) is 9.59 Å². The Hall–Kier alpha value is -2.40. The summed E-state index contributed by atoms with van der Waals surface area (Å²) < 4.78 is 10.7. The monoisotopic (exact) mass is 458 g/mol. The maximum atomic E-state index is 12.3. The van der Waals surface area contributed by atoms with E-state index in [2.05, 4.69) is 44.3 Å². The Balaban J connectivity index is 2.64. The number of carbonyl (C=O) groups excluding carboxylic acids is 2. The summed E-state index contributed by atoms with van der Waals surface area (Å²) >= 11 is 0. The molecule has 1 rings (SSSR count). The Labute approximate surface area is 199 Å². The van der Waals surface area contributed by atoms with E-state index in [1.165, 1.54) is 30.4 Å². The minimum absolute atomic E-state index is 0.0693. The summed E-state index contributed by atoms with van der Waals surface area (Å²) in [5.41, 5.74) is 2.93. The lowest BCUT2D eigenvalue weighted by Crippen LogP contribution is -2.25. The van der Waals surface area contributed by atoms with Gasteiger partial charge in [0.05, 0.1) is 24.9 Å². The average molecular weight is 459 g/mol. The summed E-state index contributed by atoms with van der Waals surface area (Å²) in [4.78, 5) is 24.1. The normalized spacial score (nSPS) is 12.6. The highest BCUT2D eigenvalue weighted by atomic mass is 16.5. The van der Waals surface area contributed by atoms with Crippen molar-refractivity contribution in [3.63, 3.8) is 0 Å². The van der Waals surface area contributed by atoms with Crippen LogP contribution in [0.1, 0.15) is 76.8 Å². The molecule has 1 N–H and O–H groups in total. The molecule has 0 spiro atoms. The molecule has 2 unspecified atom stereocenters. The Morgan fingerprint density at radius 2 is 1.39 bits per heavy atom. The number of hydrogen-bond donors (Lipinski definition) is 1. The van der Waals surface area contributed by atoms with Crippen molar-refractivity contribution < 1.29 is 24.2 Å². The van der Waals surface area contributed by atoms with Gasteiger partial charge in [0.15, 0.2) is 0 Å². The van der Waals surface area contributed by atoms with E-state index in [9.17, 15) is 14.7 Å². The maximum Gasteiger partial charge on any atom is 0.336 e. The van der Waals surface area contributed by atoms with Gasteiger partial charge in [-0.05, 0) is 50.2 Å². The largest absolute Gasteiger partial charge is 0.462 e. The van der Waals surface area contributed by atoms with Crippen LogP contribution >= 0.6 is 0 Å². The van der Waals surface area contributed by atoms with Crippen LogP contribution in [0.2, 0.25) is 0 Å². The first-order valence-corrected chi connectivity index (χ1v) is 12.2. The number of esters is 2. The van der Waals surface area contributed by atoms with Crippen molar-refractivity contribution in [2.24, 2.45) is 5.92 Å². The van der Waals surface area contributed by atoms with Crippen molar-refractivity contribution >= 4 is 11.9 Å². The zero-order chi connectivity index (χ0) is 24.6. The Morgan fingerprint density at radius 3 is 1.94 bits per heavy atom. The van der Waals surface area contributed by atoms with E-state index in [1.807, 2.05) is 6.92 Å². The molecule has 0 bridgehead atoms. The highest BCUT2D eigenvalue weighted by Crippen LogP contribution is 2.16. The molecule has 1 aromatic carbocycles. The molecule has 5 heteroatoms. The Morgan fingerprint density at radius 1 is 0.848 bits per heavy atom. The van der Waals surface area contributed by atoms with Crippen LogP contribution in [-0.2, 0) is 31.9 Å². The van der Waals surface area contributed by atoms with Gasteiger partial charge in [-0.15, -0.1) is 0 Å². The highest BCUT2D eigenvalue weighted by Gasteiger charge is 2.20. The third-order valence-corrected chi connectivity index (χ3v) is 5.68. The zero-order valence-corrected chi connectivity index (χ0v) is 20.7. The first kappa shape index (κ1) is 28.6. The number of carbonyl (C=O) groups is 2. The van der Waals surface area contributed by atoms with Gasteiger partial charge in [-0.3, -0.25) is 0 Å². The summed E-state index contributed by atoms with van der Waals surface area (Å²) in [6, 6.07) is 8.61. The average Bonchev–Trinajstić information content (AvgIpc) is 2.81. The summed E-state index contributed by atoms with van der Waals surface area (Å²) in [6.07, 6.45) is 7.55. The molecule has 0 radical (unpaired) electrons. The summed E-state index contributed by atoms with van der Waals surface area (Å²) in [7, 11) is 0. The number of aliphatic hydroxyl groups is 1. The van der Waals surface area contributed by atoms with Crippen LogP contribution in [0.25, 0.3) is 0 Å². The van der Waals surface area contributed by atoms with Gasteiger partial charge >= 0.3 is 11.9 Å². The number of unbranched alkanes of at least 4 members (excludes halogenated alkanes) is 3. The second-order valence-electron chi connectivity index (χ2n) is 8.84. The van der Waals surface area contributed by atoms with E-state index < -0.39 is 18.0 Å². The van der Waals surface area contributed by atoms with Crippen LogP contribution in [0.4, 0.5) is 0 Å². The minimum atomic E-state index is -0.895.